The molecule has 0 amide bonds. The molecule has 1 N–H and O–H groups in total. The molecule has 0 saturated carbocycles. The Kier molecular flexibility index (Phi) is 2.89. The molecule has 80 valence electrons. The molecule has 1 aromatic carbocycles. The zero-order valence-electron chi connectivity index (χ0n) is 7.96. The smallest absolute Gasteiger partial charge is 0.306 e. The van der Waals surface area contributed by atoms with E-state index in [1.165, 1.54) is 0 Å². The minimum absolute atomic E-state index is 0.325. The lowest BCUT2D eigenvalue weighted by Gasteiger charge is -2.22. The van der Waals surface area contributed by atoms with Gasteiger partial charge in [0.1, 0.15) is 0 Å². The van der Waals surface area contributed by atoms with Gasteiger partial charge in [0.05, 0.1) is 16.0 Å². The second-order valence-corrected chi connectivity index (χ2v) is 4.56. The van der Waals surface area contributed by atoms with E-state index in [-0.39, 0.29) is 5.92 Å². The van der Waals surface area contributed by atoms with Crippen molar-refractivity contribution >= 4 is 29.2 Å². The number of aliphatic carboxylic acids is 1. The summed E-state index contributed by atoms with van der Waals surface area (Å²) in [5.74, 6) is -1.08. The first kappa shape index (κ1) is 10.8. The zero-order chi connectivity index (χ0) is 11.0. The molecular formula is C11H10Cl2O2. The minimum atomic E-state index is -0.753. The maximum absolute atomic E-state index is 10.9. The summed E-state index contributed by atoms with van der Waals surface area (Å²) >= 11 is 11.9. The van der Waals surface area contributed by atoms with Crippen molar-refractivity contribution < 1.29 is 9.90 Å². The number of hydrogen-bond donors (Lipinski definition) is 1. The average Bonchev–Trinajstić information content (AvgIpc) is 2.23. The first-order chi connectivity index (χ1) is 7.09. The molecule has 1 aliphatic carbocycles. The van der Waals surface area contributed by atoms with E-state index >= 15 is 0 Å². The Bertz CT molecular complexity index is 415. The fourth-order valence-corrected chi connectivity index (χ4v) is 2.42. The Morgan fingerprint density at radius 2 is 2.13 bits per heavy atom. The van der Waals surface area contributed by atoms with E-state index in [2.05, 4.69) is 0 Å². The van der Waals surface area contributed by atoms with Gasteiger partial charge in [-0.05, 0) is 36.5 Å². The maximum atomic E-state index is 10.9. The Labute approximate surface area is 97.8 Å². The zero-order valence-corrected chi connectivity index (χ0v) is 9.48. The maximum Gasteiger partial charge on any atom is 0.306 e. The standard InChI is InChI=1S/C11H10Cl2O2/c12-9-4-3-6-1-2-7(11(14)15)5-8(6)10(9)13/h3-4,7H,1-2,5H2,(H,14,15). The molecule has 0 aromatic heterocycles. The number of carbonyl (C=O) groups is 1. The highest BCUT2D eigenvalue weighted by molar-refractivity contribution is 6.42. The molecule has 0 saturated heterocycles. The summed E-state index contributed by atoms with van der Waals surface area (Å²) in [5.41, 5.74) is 2.03. The van der Waals surface area contributed by atoms with Crippen molar-refractivity contribution in [1.29, 1.82) is 0 Å². The Morgan fingerprint density at radius 3 is 2.80 bits per heavy atom. The fraction of sp³-hybridized carbons (Fsp3) is 0.364. The second-order valence-electron chi connectivity index (χ2n) is 3.78. The summed E-state index contributed by atoms with van der Waals surface area (Å²) < 4.78 is 0. The molecule has 1 unspecified atom stereocenters. The van der Waals surface area contributed by atoms with Crippen molar-refractivity contribution in [2.45, 2.75) is 19.3 Å². The first-order valence-corrected chi connectivity index (χ1v) is 5.53. The van der Waals surface area contributed by atoms with Gasteiger partial charge in [0.2, 0.25) is 0 Å². The van der Waals surface area contributed by atoms with Crippen LogP contribution >= 0.6 is 23.2 Å². The van der Waals surface area contributed by atoms with Crippen molar-refractivity contribution in [1.82, 2.24) is 0 Å². The van der Waals surface area contributed by atoms with E-state index in [1.54, 1.807) is 6.07 Å². The summed E-state index contributed by atoms with van der Waals surface area (Å²) in [6, 6.07) is 3.70. The molecule has 0 fully saturated rings. The van der Waals surface area contributed by atoms with Crippen LogP contribution in [-0.4, -0.2) is 11.1 Å². The molecule has 1 aromatic rings. The SMILES string of the molecule is O=C(O)C1CCc2ccc(Cl)c(Cl)c2C1. The topological polar surface area (TPSA) is 37.3 Å². The van der Waals surface area contributed by atoms with Crippen LogP contribution < -0.4 is 0 Å². The Balaban J connectivity index is 2.39. The van der Waals surface area contributed by atoms with Crippen molar-refractivity contribution in [3.8, 4) is 0 Å². The van der Waals surface area contributed by atoms with Crippen molar-refractivity contribution in [2.75, 3.05) is 0 Å². The normalized spacial score (nSPS) is 19.7. The largest absolute Gasteiger partial charge is 0.481 e. The third-order valence-electron chi connectivity index (χ3n) is 2.85. The van der Waals surface area contributed by atoms with Gasteiger partial charge in [-0.15, -0.1) is 0 Å². The van der Waals surface area contributed by atoms with Gasteiger partial charge in [-0.3, -0.25) is 4.79 Å². The highest BCUT2D eigenvalue weighted by Gasteiger charge is 2.26. The first-order valence-electron chi connectivity index (χ1n) is 4.78. The third kappa shape index (κ3) is 1.97. The summed E-state index contributed by atoms with van der Waals surface area (Å²) in [5, 5.41) is 9.96. The summed E-state index contributed by atoms with van der Waals surface area (Å²) in [7, 11) is 0. The van der Waals surface area contributed by atoms with Crippen molar-refractivity contribution in [3.63, 3.8) is 0 Å². The van der Waals surface area contributed by atoms with Crippen LogP contribution in [0.2, 0.25) is 10.0 Å². The lowest BCUT2D eigenvalue weighted by molar-refractivity contribution is -0.142. The number of aryl methyl sites for hydroxylation is 1. The van der Waals surface area contributed by atoms with Gasteiger partial charge in [0, 0.05) is 0 Å². The monoisotopic (exact) mass is 244 g/mol. The number of halogens is 2. The molecule has 0 heterocycles. The lowest BCUT2D eigenvalue weighted by Crippen LogP contribution is -2.22. The summed E-state index contributed by atoms with van der Waals surface area (Å²) in [6.07, 6.45) is 1.94. The van der Waals surface area contributed by atoms with Crippen LogP contribution in [0.3, 0.4) is 0 Å². The molecule has 0 bridgehead atoms. The third-order valence-corrected chi connectivity index (χ3v) is 3.70. The Hall–Kier alpha value is -0.730. The summed E-state index contributed by atoms with van der Waals surface area (Å²) in [4.78, 5) is 10.9. The number of benzene rings is 1. The Morgan fingerprint density at radius 1 is 1.40 bits per heavy atom. The van der Waals surface area contributed by atoms with E-state index < -0.39 is 5.97 Å². The van der Waals surface area contributed by atoms with Gasteiger partial charge < -0.3 is 5.11 Å². The predicted octanol–water partition coefficient (Wildman–Crippen LogP) is 3.18. The molecule has 0 radical (unpaired) electrons. The van der Waals surface area contributed by atoms with Gasteiger partial charge in [-0.25, -0.2) is 0 Å². The van der Waals surface area contributed by atoms with Crippen molar-refractivity contribution in [2.24, 2.45) is 5.92 Å². The molecule has 15 heavy (non-hydrogen) atoms. The van der Waals surface area contributed by atoms with Gasteiger partial charge in [0.25, 0.3) is 0 Å². The summed E-state index contributed by atoms with van der Waals surface area (Å²) in [6.45, 7) is 0. The quantitative estimate of drug-likeness (QED) is 0.824. The number of rotatable bonds is 1. The number of carboxylic acids is 1. The average molecular weight is 245 g/mol. The molecule has 0 aliphatic heterocycles. The predicted molar refractivity (Wildman–Crippen MR) is 59.6 cm³/mol. The van der Waals surface area contributed by atoms with Gasteiger partial charge >= 0.3 is 5.97 Å². The van der Waals surface area contributed by atoms with Gasteiger partial charge in [-0.2, -0.15) is 0 Å². The number of carboxylic acid groups (broad SMARTS) is 1. The van der Waals surface area contributed by atoms with Crippen LogP contribution in [0.15, 0.2) is 12.1 Å². The molecular weight excluding hydrogens is 235 g/mol. The van der Waals surface area contributed by atoms with Crippen LogP contribution in [0.4, 0.5) is 0 Å². The van der Waals surface area contributed by atoms with E-state index in [0.717, 1.165) is 17.5 Å². The molecule has 1 atom stereocenters. The van der Waals surface area contributed by atoms with Crippen LogP contribution in [0.5, 0.6) is 0 Å². The van der Waals surface area contributed by atoms with Crippen LogP contribution in [-0.2, 0) is 17.6 Å². The van der Waals surface area contributed by atoms with E-state index in [4.69, 9.17) is 28.3 Å². The van der Waals surface area contributed by atoms with E-state index in [0.29, 0.717) is 22.9 Å². The molecule has 4 heteroatoms. The highest BCUT2D eigenvalue weighted by atomic mass is 35.5. The van der Waals surface area contributed by atoms with Crippen LogP contribution in [0.25, 0.3) is 0 Å². The van der Waals surface area contributed by atoms with Gasteiger partial charge in [0.15, 0.2) is 0 Å². The molecule has 0 spiro atoms. The van der Waals surface area contributed by atoms with E-state index in [1.807, 2.05) is 6.07 Å². The van der Waals surface area contributed by atoms with Crippen LogP contribution in [0, 0.1) is 5.92 Å². The number of fused-ring (bicyclic) bond motifs is 1. The lowest BCUT2D eigenvalue weighted by atomic mass is 9.84. The van der Waals surface area contributed by atoms with Gasteiger partial charge in [-0.1, -0.05) is 29.3 Å². The van der Waals surface area contributed by atoms with E-state index in [9.17, 15) is 4.79 Å². The minimum Gasteiger partial charge on any atom is -0.481 e. The van der Waals surface area contributed by atoms with Crippen molar-refractivity contribution in [3.05, 3.63) is 33.3 Å². The highest BCUT2D eigenvalue weighted by Crippen LogP contribution is 2.35. The number of hydrogen-bond acceptors (Lipinski definition) is 1. The fourth-order valence-electron chi connectivity index (χ4n) is 1.98. The molecule has 1 aliphatic rings. The second kappa shape index (κ2) is 4.03. The molecule has 2 nitrogen and oxygen atoms in total. The van der Waals surface area contributed by atoms with Crippen LogP contribution in [0.1, 0.15) is 17.5 Å². The molecule has 2 rings (SSSR count).